The number of nitrogens with one attached hydrogen (secondary N) is 4. The van der Waals surface area contributed by atoms with Crippen LogP contribution < -0.4 is 27.0 Å². The highest BCUT2D eigenvalue weighted by atomic mass is 16.5. The Bertz CT molecular complexity index is 1190. The maximum atomic E-state index is 13.2. The molecule has 7 amide bonds. The van der Waals surface area contributed by atoms with Crippen LogP contribution in [0.1, 0.15) is 38.7 Å². The molecule has 253 valence electrons. The Morgan fingerprint density at radius 2 is 1.43 bits per heavy atom. The van der Waals surface area contributed by atoms with Crippen molar-refractivity contribution in [1.29, 1.82) is 0 Å². The van der Waals surface area contributed by atoms with Crippen molar-refractivity contribution in [3.8, 4) is 0 Å². The Morgan fingerprint density at radius 1 is 0.848 bits per heavy atom. The predicted octanol–water partition coefficient (Wildman–Crippen LogP) is 0.246. The van der Waals surface area contributed by atoms with Crippen molar-refractivity contribution in [1.82, 2.24) is 20.9 Å². The van der Waals surface area contributed by atoms with Crippen LogP contribution in [0.5, 0.6) is 0 Å². The van der Waals surface area contributed by atoms with E-state index in [1.807, 2.05) is 0 Å². The van der Waals surface area contributed by atoms with E-state index in [0.717, 1.165) is 10.5 Å². The molecule has 0 bridgehead atoms. The van der Waals surface area contributed by atoms with Gasteiger partial charge >= 0.3 is 6.03 Å². The molecule has 1 aliphatic rings. The number of anilines is 1. The fraction of sp³-hybridized carbons (Fsp3) is 0.516. The van der Waals surface area contributed by atoms with Gasteiger partial charge in [0.1, 0.15) is 12.1 Å². The van der Waals surface area contributed by atoms with Gasteiger partial charge in [0.15, 0.2) is 0 Å². The van der Waals surface area contributed by atoms with E-state index in [1.165, 1.54) is 12.2 Å². The molecule has 2 atom stereocenters. The molecule has 0 aromatic heterocycles. The Hall–Kier alpha value is -4.34. The summed E-state index contributed by atoms with van der Waals surface area (Å²) in [6.45, 7) is 9.15. The SMILES string of the molecule is [CH2]c1ccc(NC(=O)[C@H](CCCNC(N)=O)NC(=O)[C@@H](NC(=O)CCOCCOCCOCCN2C(=O)C=CC2=O)C(C)C)cc1. The minimum atomic E-state index is -0.940. The largest absolute Gasteiger partial charge is 0.379 e. The van der Waals surface area contributed by atoms with Gasteiger partial charge in [0.25, 0.3) is 11.8 Å². The van der Waals surface area contributed by atoms with E-state index in [2.05, 4.69) is 28.2 Å². The zero-order valence-corrected chi connectivity index (χ0v) is 26.4. The summed E-state index contributed by atoms with van der Waals surface area (Å²) in [7, 11) is 0. The molecule has 15 heteroatoms. The number of benzene rings is 1. The van der Waals surface area contributed by atoms with Gasteiger partial charge in [-0.05, 0) is 43.4 Å². The standard InChI is InChI=1S/C31H45N6O9/c1-21(2)28(30(42)35-24(5-4-13-33-31(32)43)29(41)34-23-8-6-22(3)7-9-23)36-25(38)12-15-44-17-19-46-20-18-45-16-14-37-26(39)10-11-27(37)40/h6-11,21,24,28H,3-5,12-20H2,1-2H3,(H,34,41)(H,35,42)(H,36,38)(H3,32,33,43)/t24-,28-/m0/s1. The second-order valence-electron chi connectivity index (χ2n) is 10.7. The lowest BCUT2D eigenvalue weighted by atomic mass is 10.0. The van der Waals surface area contributed by atoms with Gasteiger partial charge in [0.2, 0.25) is 17.7 Å². The molecule has 1 aliphatic heterocycles. The highest BCUT2D eigenvalue weighted by Crippen LogP contribution is 2.11. The highest BCUT2D eigenvalue weighted by molar-refractivity contribution is 6.12. The zero-order valence-electron chi connectivity index (χ0n) is 26.4. The summed E-state index contributed by atoms with van der Waals surface area (Å²) in [4.78, 5) is 73.9. The van der Waals surface area contributed by atoms with Crippen molar-refractivity contribution in [2.75, 3.05) is 58.0 Å². The first-order valence-electron chi connectivity index (χ1n) is 15.1. The fourth-order valence-corrected chi connectivity index (χ4v) is 4.16. The number of rotatable bonds is 22. The van der Waals surface area contributed by atoms with E-state index in [-0.39, 0.29) is 76.7 Å². The summed E-state index contributed by atoms with van der Waals surface area (Å²) in [5.41, 5.74) is 6.42. The molecule has 1 aromatic carbocycles. The van der Waals surface area contributed by atoms with Crippen LogP contribution in [0, 0.1) is 12.8 Å². The van der Waals surface area contributed by atoms with Gasteiger partial charge in [-0.2, -0.15) is 0 Å². The van der Waals surface area contributed by atoms with Crippen LogP contribution >= 0.6 is 0 Å². The number of primary amides is 1. The monoisotopic (exact) mass is 645 g/mol. The van der Waals surface area contributed by atoms with Crippen LogP contribution in [0.25, 0.3) is 0 Å². The van der Waals surface area contributed by atoms with Crippen molar-refractivity contribution in [2.24, 2.45) is 11.7 Å². The van der Waals surface area contributed by atoms with E-state index in [9.17, 15) is 28.8 Å². The second kappa shape index (κ2) is 20.6. The van der Waals surface area contributed by atoms with Crippen LogP contribution in [0.4, 0.5) is 10.5 Å². The molecular weight excluding hydrogens is 600 g/mol. The molecule has 0 unspecified atom stereocenters. The van der Waals surface area contributed by atoms with Crippen molar-refractivity contribution in [3.05, 3.63) is 48.9 Å². The van der Waals surface area contributed by atoms with Crippen LogP contribution in [0.3, 0.4) is 0 Å². The van der Waals surface area contributed by atoms with Gasteiger partial charge in [-0.15, -0.1) is 0 Å². The Kier molecular flexibility index (Phi) is 17.0. The molecule has 0 fully saturated rings. The summed E-state index contributed by atoms with van der Waals surface area (Å²) in [5.74, 6) is -2.36. The number of nitrogens with zero attached hydrogens (tertiary/aromatic N) is 1. The molecule has 0 saturated carbocycles. The van der Waals surface area contributed by atoms with Crippen LogP contribution in [-0.2, 0) is 38.2 Å². The molecule has 2 rings (SSSR count). The van der Waals surface area contributed by atoms with Crippen molar-refractivity contribution < 1.29 is 43.0 Å². The second-order valence-corrected chi connectivity index (χ2v) is 10.7. The molecular formula is C31H45N6O9. The van der Waals surface area contributed by atoms with Crippen LogP contribution in [0.15, 0.2) is 36.4 Å². The number of imide groups is 1. The van der Waals surface area contributed by atoms with Gasteiger partial charge in [-0.3, -0.25) is 28.9 Å². The average Bonchev–Trinajstić information content (AvgIpc) is 3.33. The Balaban J connectivity index is 1.70. The molecule has 46 heavy (non-hydrogen) atoms. The molecule has 0 aliphatic carbocycles. The lowest BCUT2D eigenvalue weighted by Gasteiger charge is -2.25. The summed E-state index contributed by atoms with van der Waals surface area (Å²) in [5, 5.41) is 10.7. The average molecular weight is 646 g/mol. The first-order valence-corrected chi connectivity index (χ1v) is 15.1. The van der Waals surface area contributed by atoms with E-state index in [4.69, 9.17) is 19.9 Å². The molecule has 1 aromatic rings. The number of amides is 7. The van der Waals surface area contributed by atoms with Crippen molar-refractivity contribution in [3.63, 3.8) is 0 Å². The van der Waals surface area contributed by atoms with Crippen LogP contribution in [-0.4, -0.2) is 105 Å². The first kappa shape index (κ1) is 37.8. The quantitative estimate of drug-likeness (QED) is 0.0864. The summed E-state index contributed by atoms with van der Waals surface area (Å²) < 4.78 is 16.2. The predicted molar refractivity (Wildman–Crippen MR) is 168 cm³/mol. The number of carbonyl (C=O) groups excluding carboxylic acids is 6. The summed E-state index contributed by atoms with van der Waals surface area (Å²) in [6.07, 6.45) is 3.03. The molecule has 1 radical (unpaired) electrons. The van der Waals surface area contributed by atoms with Gasteiger partial charge in [-0.1, -0.05) is 26.0 Å². The number of ether oxygens (including phenoxy) is 3. The molecule has 6 N–H and O–H groups in total. The van der Waals surface area contributed by atoms with Gasteiger partial charge < -0.3 is 41.2 Å². The maximum Gasteiger partial charge on any atom is 0.312 e. The maximum absolute atomic E-state index is 13.2. The van der Waals surface area contributed by atoms with E-state index >= 15 is 0 Å². The normalized spacial score (nSPS) is 13.9. The zero-order chi connectivity index (χ0) is 33.9. The highest BCUT2D eigenvalue weighted by Gasteiger charge is 2.29. The van der Waals surface area contributed by atoms with Gasteiger partial charge in [0, 0.05) is 30.8 Å². The van der Waals surface area contributed by atoms with Gasteiger partial charge in [0.05, 0.1) is 46.2 Å². The van der Waals surface area contributed by atoms with E-state index in [1.54, 1.807) is 38.1 Å². The van der Waals surface area contributed by atoms with Gasteiger partial charge in [-0.25, -0.2) is 4.79 Å². The lowest BCUT2D eigenvalue weighted by Crippen LogP contribution is -2.54. The van der Waals surface area contributed by atoms with E-state index < -0.39 is 35.8 Å². The Labute approximate surface area is 268 Å². The minimum absolute atomic E-state index is 0.00733. The topological polar surface area (TPSA) is 207 Å². The Morgan fingerprint density at radius 3 is 2.02 bits per heavy atom. The van der Waals surface area contributed by atoms with E-state index in [0.29, 0.717) is 18.7 Å². The number of carbonyl (C=O) groups is 6. The number of hydrogen-bond acceptors (Lipinski definition) is 9. The minimum Gasteiger partial charge on any atom is -0.379 e. The molecule has 1 heterocycles. The first-order chi connectivity index (χ1) is 22.0. The van der Waals surface area contributed by atoms with Crippen LogP contribution in [0.2, 0.25) is 0 Å². The number of urea groups is 1. The molecule has 0 saturated heterocycles. The van der Waals surface area contributed by atoms with Crippen molar-refractivity contribution >= 4 is 41.3 Å². The summed E-state index contributed by atoms with van der Waals surface area (Å²) in [6, 6.07) is 4.33. The van der Waals surface area contributed by atoms with Crippen molar-refractivity contribution in [2.45, 2.75) is 45.2 Å². The number of nitrogens with two attached hydrogens (primary N) is 1. The molecule has 0 spiro atoms. The fourth-order valence-electron chi connectivity index (χ4n) is 4.16. The lowest BCUT2D eigenvalue weighted by molar-refractivity contribution is -0.137. The smallest absolute Gasteiger partial charge is 0.312 e. The molecule has 15 nitrogen and oxygen atoms in total. The third kappa shape index (κ3) is 14.6. The third-order valence-electron chi connectivity index (χ3n) is 6.67. The summed E-state index contributed by atoms with van der Waals surface area (Å²) >= 11 is 0. The third-order valence-corrected chi connectivity index (χ3v) is 6.67. The number of hydrogen-bond donors (Lipinski definition) is 5.